The molecule has 3 N–H and O–H groups in total. The van der Waals surface area contributed by atoms with E-state index >= 15 is 0 Å². The van der Waals surface area contributed by atoms with Gasteiger partial charge in [-0.15, -0.1) is 10.2 Å². The van der Waals surface area contributed by atoms with Crippen LogP contribution >= 0.6 is 0 Å². The Morgan fingerprint density at radius 3 is 2.64 bits per heavy atom. The van der Waals surface area contributed by atoms with E-state index in [9.17, 15) is 14.4 Å². The number of aromatic amines is 2. The van der Waals surface area contributed by atoms with Crippen molar-refractivity contribution in [1.82, 2.24) is 29.7 Å². The SMILES string of the molecule is Cc1cc(C(=O)Nc2ccc(-c3nnc4n3CCCCCC4)cc2)nc2[nH]c(=O)[nH]c(=O)c12. The first kappa shape index (κ1) is 20.8. The quantitative estimate of drug-likeness (QED) is 0.443. The first-order valence-corrected chi connectivity index (χ1v) is 11.0. The van der Waals surface area contributed by atoms with Crippen molar-refractivity contribution in [3.63, 3.8) is 0 Å². The van der Waals surface area contributed by atoms with Crippen molar-refractivity contribution in [3.05, 3.63) is 68.3 Å². The van der Waals surface area contributed by atoms with E-state index in [0.717, 1.165) is 43.0 Å². The lowest BCUT2D eigenvalue weighted by Gasteiger charge is -2.13. The lowest BCUT2D eigenvalue weighted by molar-refractivity contribution is 0.102. The smallest absolute Gasteiger partial charge is 0.321 e. The summed E-state index contributed by atoms with van der Waals surface area (Å²) in [5, 5.41) is 11.8. The van der Waals surface area contributed by atoms with E-state index in [1.165, 1.54) is 18.9 Å². The second-order valence-corrected chi connectivity index (χ2v) is 8.24. The first-order valence-electron chi connectivity index (χ1n) is 11.0. The summed E-state index contributed by atoms with van der Waals surface area (Å²) in [5.41, 5.74) is 1.04. The molecule has 10 heteroatoms. The summed E-state index contributed by atoms with van der Waals surface area (Å²) in [5.74, 6) is 1.42. The van der Waals surface area contributed by atoms with Gasteiger partial charge in [0, 0.05) is 24.2 Å². The van der Waals surface area contributed by atoms with Gasteiger partial charge in [-0.3, -0.25) is 19.6 Å². The maximum absolute atomic E-state index is 12.8. The Hall–Kier alpha value is -4.08. The number of nitrogens with zero attached hydrogens (tertiary/aromatic N) is 4. The third-order valence-corrected chi connectivity index (χ3v) is 5.90. The molecule has 1 aliphatic heterocycles. The summed E-state index contributed by atoms with van der Waals surface area (Å²) in [7, 11) is 0. The van der Waals surface area contributed by atoms with Crippen molar-refractivity contribution in [3.8, 4) is 11.4 Å². The lowest BCUT2D eigenvalue weighted by atomic mass is 10.1. The third-order valence-electron chi connectivity index (χ3n) is 5.90. The average molecular weight is 445 g/mol. The van der Waals surface area contributed by atoms with Crippen LogP contribution in [-0.4, -0.2) is 35.6 Å². The number of benzene rings is 1. The normalized spacial score (nSPS) is 13.8. The summed E-state index contributed by atoms with van der Waals surface area (Å²) in [6, 6.07) is 8.94. The first-order chi connectivity index (χ1) is 16.0. The summed E-state index contributed by atoms with van der Waals surface area (Å²) in [4.78, 5) is 45.2. The largest absolute Gasteiger partial charge is 0.327 e. The number of anilines is 1. The summed E-state index contributed by atoms with van der Waals surface area (Å²) in [6.45, 7) is 2.60. The molecule has 0 saturated heterocycles. The molecule has 1 aliphatic rings. The number of pyridine rings is 1. The molecule has 3 aromatic heterocycles. The molecule has 4 aromatic rings. The zero-order chi connectivity index (χ0) is 22.9. The number of aryl methyl sites for hydroxylation is 2. The van der Waals surface area contributed by atoms with Gasteiger partial charge in [0.1, 0.15) is 17.2 Å². The number of rotatable bonds is 3. The number of nitrogens with one attached hydrogen (secondary N) is 3. The molecule has 4 heterocycles. The third kappa shape index (κ3) is 4.07. The van der Waals surface area contributed by atoms with E-state index in [1.807, 2.05) is 12.1 Å². The van der Waals surface area contributed by atoms with Crippen molar-refractivity contribution >= 4 is 22.6 Å². The van der Waals surface area contributed by atoms with Crippen molar-refractivity contribution < 1.29 is 4.79 Å². The van der Waals surface area contributed by atoms with Crippen LogP contribution in [0.5, 0.6) is 0 Å². The molecular formula is C23H23N7O3. The Balaban J connectivity index is 1.38. The molecule has 0 radical (unpaired) electrons. The average Bonchev–Trinajstić information content (AvgIpc) is 3.14. The monoisotopic (exact) mass is 445 g/mol. The number of carbonyl (C=O) groups excluding carboxylic acids is 1. The summed E-state index contributed by atoms with van der Waals surface area (Å²) >= 11 is 0. The minimum atomic E-state index is -0.672. The van der Waals surface area contributed by atoms with Crippen molar-refractivity contribution in [2.45, 2.75) is 45.6 Å². The maximum Gasteiger partial charge on any atom is 0.327 e. The van der Waals surface area contributed by atoms with Crippen LogP contribution in [0.1, 0.15) is 47.6 Å². The van der Waals surface area contributed by atoms with Crippen molar-refractivity contribution in [2.75, 3.05) is 5.32 Å². The second-order valence-electron chi connectivity index (χ2n) is 8.24. The Bertz CT molecular complexity index is 1460. The van der Waals surface area contributed by atoms with Gasteiger partial charge in [-0.05, 0) is 55.7 Å². The highest BCUT2D eigenvalue weighted by molar-refractivity contribution is 6.04. The van der Waals surface area contributed by atoms with E-state index < -0.39 is 17.2 Å². The van der Waals surface area contributed by atoms with Gasteiger partial charge in [-0.25, -0.2) is 9.78 Å². The molecule has 10 nitrogen and oxygen atoms in total. The zero-order valence-corrected chi connectivity index (χ0v) is 18.1. The van der Waals surface area contributed by atoms with Crippen molar-refractivity contribution in [1.29, 1.82) is 0 Å². The topological polar surface area (TPSA) is 138 Å². The number of amides is 1. The Kier molecular flexibility index (Phi) is 5.33. The van der Waals surface area contributed by atoms with Gasteiger partial charge in [-0.1, -0.05) is 12.8 Å². The minimum absolute atomic E-state index is 0.0764. The highest BCUT2D eigenvalue weighted by atomic mass is 16.2. The van der Waals surface area contributed by atoms with Crippen LogP contribution < -0.4 is 16.6 Å². The Labute approximate surface area is 188 Å². The fourth-order valence-electron chi connectivity index (χ4n) is 4.24. The Morgan fingerprint density at radius 2 is 1.82 bits per heavy atom. The number of fused-ring (bicyclic) bond motifs is 2. The molecule has 1 aromatic carbocycles. The van der Waals surface area contributed by atoms with Crippen LogP contribution in [0.2, 0.25) is 0 Å². The van der Waals surface area contributed by atoms with Gasteiger partial charge in [0.25, 0.3) is 11.5 Å². The predicted octanol–water partition coefficient (Wildman–Crippen LogP) is 2.55. The number of hydrogen-bond acceptors (Lipinski definition) is 6. The van der Waals surface area contributed by atoms with E-state index in [2.05, 4.69) is 35.0 Å². The molecule has 0 unspecified atom stereocenters. The molecule has 33 heavy (non-hydrogen) atoms. The number of aromatic nitrogens is 6. The maximum atomic E-state index is 12.8. The van der Waals surface area contributed by atoms with Crippen LogP contribution in [0, 0.1) is 6.92 Å². The van der Waals surface area contributed by atoms with Crippen LogP contribution in [-0.2, 0) is 13.0 Å². The summed E-state index contributed by atoms with van der Waals surface area (Å²) < 4.78 is 2.19. The van der Waals surface area contributed by atoms with E-state index in [1.54, 1.807) is 19.1 Å². The molecule has 1 amide bonds. The van der Waals surface area contributed by atoms with Gasteiger partial charge in [0.15, 0.2) is 5.82 Å². The van der Waals surface area contributed by atoms with Gasteiger partial charge < -0.3 is 9.88 Å². The van der Waals surface area contributed by atoms with E-state index in [-0.39, 0.29) is 16.7 Å². The Morgan fingerprint density at radius 1 is 1.03 bits per heavy atom. The molecule has 0 aliphatic carbocycles. The number of carbonyl (C=O) groups is 1. The van der Waals surface area contributed by atoms with Crippen LogP contribution in [0.4, 0.5) is 5.69 Å². The zero-order valence-electron chi connectivity index (χ0n) is 18.1. The highest BCUT2D eigenvalue weighted by Crippen LogP contribution is 2.24. The van der Waals surface area contributed by atoms with Gasteiger partial charge in [-0.2, -0.15) is 0 Å². The van der Waals surface area contributed by atoms with Crippen LogP contribution in [0.15, 0.2) is 39.9 Å². The molecule has 0 atom stereocenters. The predicted molar refractivity (Wildman–Crippen MR) is 123 cm³/mol. The number of H-pyrrole nitrogens is 2. The van der Waals surface area contributed by atoms with E-state index in [4.69, 9.17) is 0 Å². The van der Waals surface area contributed by atoms with Gasteiger partial charge >= 0.3 is 5.69 Å². The van der Waals surface area contributed by atoms with Crippen LogP contribution in [0.3, 0.4) is 0 Å². The molecule has 0 spiro atoms. The molecule has 0 fully saturated rings. The summed E-state index contributed by atoms with van der Waals surface area (Å²) in [6.07, 6.45) is 5.63. The van der Waals surface area contributed by atoms with Gasteiger partial charge in [0.2, 0.25) is 0 Å². The number of hydrogen-bond donors (Lipinski definition) is 3. The molecular weight excluding hydrogens is 422 g/mol. The highest BCUT2D eigenvalue weighted by Gasteiger charge is 2.16. The van der Waals surface area contributed by atoms with Crippen LogP contribution in [0.25, 0.3) is 22.4 Å². The van der Waals surface area contributed by atoms with Gasteiger partial charge in [0.05, 0.1) is 5.39 Å². The fourth-order valence-corrected chi connectivity index (χ4v) is 4.24. The minimum Gasteiger partial charge on any atom is -0.321 e. The van der Waals surface area contributed by atoms with Crippen molar-refractivity contribution in [2.24, 2.45) is 0 Å². The standard InChI is InChI=1S/C23H23N7O3/c1-13-12-16(25-19-18(13)22(32)27-23(33)26-19)21(31)24-15-9-7-14(8-10-15)20-29-28-17-6-4-2-3-5-11-30(17)20/h7-10,12H,2-6,11H2,1H3,(H,24,31)(H2,25,26,27,32,33). The van der Waals surface area contributed by atoms with E-state index in [0.29, 0.717) is 11.3 Å². The fraction of sp³-hybridized carbons (Fsp3) is 0.304. The molecule has 168 valence electrons. The molecule has 0 bridgehead atoms. The lowest BCUT2D eigenvalue weighted by Crippen LogP contribution is -2.24. The molecule has 0 saturated carbocycles. The molecule has 5 rings (SSSR count). The second kappa shape index (κ2) is 8.45.